The predicted molar refractivity (Wildman–Crippen MR) is 58.6 cm³/mol. The summed E-state index contributed by atoms with van der Waals surface area (Å²) in [6.07, 6.45) is -0.710. The van der Waals surface area contributed by atoms with Crippen molar-refractivity contribution in [2.75, 3.05) is 12.4 Å². The third-order valence-electron chi connectivity index (χ3n) is 1.84. The van der Waals surface area contributed by atoms with Crippen LogP contribution in [-0.4, -0.2) is 35.2 Å². The molecule has 1 amide bonds. The van der Waals surface area contributed by atoms with Gasteiger partial charge in [0.15, 0.2) is 5.13 Å². The number of hydrogen-bond donors (Lipinski definition) is 2. The fraction of sp³-hybridized carbons (Fsp3) is 0.444. The Morgan fingerprint density at radius 3 is 2.94 bits per heavy atom. The Morgan fingerprint density at radius 2 is 2.38 bits per heavy atom. The molecule has 6 nitrogen and oxygen atoms in total. The highest BCUT2D eigenvalue weighted by Crippen LogP contribution is 2.16. The molecule has 7 heteroatoms. The number of anilines is 1. The van der Waals surface area contributed by atoms with Gasteiger partial charge in [0, 0.05) is 12.5 Å². The van der Waals surface area contributed by atoms with Gasteiger partial charge in [-0.15, -0.1) is 11.3 Å². The van der Waals surface area contributed by atoms with Crippen LogP contribution in [0.2, 0.25) is 0 Å². The monoisotopic (exact) mass is 244 g/mol. The lowest BCUT2D eigenvalue weighted by Crippen LogP contribution is -2.26. The number of hydrogen-bond acceptors (Lipinski definition) is 5. The lowest BCUT2D eigenvalue weighted by molar-refractivity contribution is -0.136. The molecule has 0 radical (unpaired) electrons. The minimum absolute atomic E-state index is 0.147. The maximum absolute atomic E-state index is 11.4. The fourth-order valence-electron chi connectivity index (χ4n) is 0.915. The normalized spacial score (nSPS) is 12.1. The summed E-state index contributed by atoms with van der Waals surface area (Å²) in [5.74, 6) is -1.26. The van der Waals surface area contributed by atoms with Gasteiger partial charge >= 0.3 is 5.97 Å². The van der Waals surface area contributed by atoms with Crippen molar-refractivity contribution in [1.29, 1.82) is 0 Å². The first-order valence-electron chi connectivity index (χ1n) is 4.52. The summed E-state index contributed by atoms with van der Waals surface area (Å²) in [6.45, 7) is 1.61. The zero-order valence-corrected chi connectivity index (χ0v) is 9.71. The van der Waals surface area contributed by atoms with Crippen LogP contribution >= 0.6 is 11.3 Å². The molecule has 0 aliphatic carbocycles. The number of amides is 1. The molecule has 0 saturated heterocycles. The topological polar surface area (TPSA) is 88.5 Å². The Bertz CT molecular complexity index is 391. The van der Waals surface area contributed by atoms with Gasteiger partial charge in [0.1, 0.15) is 6.10 Å². The van der Waals surface area contributed by atoms with Gasteiger partial charge in [0.05, 0.1) is 12.1 Å². The van der Waals surface area contributed by atoms with Crippen LogP contribution < -0.4 is 5.32 Å². The number of carboxylic acid groups (broad SMARTS) is 1. The van der Waals surface area contributed by atoms with Crippen LogP contribution in [0.25, 0.3) is 0 Å². The van der Waals surface area contributed by atoms with Gasteiger partial charge < -0.3 is 9.84 Å². The molecule has 16 heavy (non-hydrogen) atoms. The van der Waals surface area contributed by atoms with E-state index in [1.807, 2.05) is 0 Å². The Morgan fingerprint density at radius 1 is 1.69 bits per heavy atom. The standard InChI is InChI=1S/C9H12N2O4S/c1-5(15-2)8(14)11-9-10-6(4-16-9)3-7(12)13/h4-5H,3H2,1-2H3,(H,12,13)(H,10,11,14). The minimum atomic E-state index is -0.951. The number of carbonyl (C=O) groups excluding carboxylic acids is 1. The molecule has 88 valence electrons. The molecule has 0 bridgehead atoms. The highest BCUT2D eigenvalue weighted by molar-refractivity contribution is 7.13. The van der Waals surface area contributed by atoms with Crippen LogP contribution in [0, 0.1) is 0 Å². The molecule has 0 aromatic carbocycles. The van der Waals surface area contributed by atoms with Gasteiger partial charge in [-0.3, -0.25) is 14.9 Å². The Kier molecular flexibility index (Phi) is 4.39. The summed E-state index contributed by atoms with van der Waals surface area (Å²) in [4.78, 5) is 25.8. The molecule has 0 fully saturated rings. The number of aliphatic carboxylic acids is 1. The average molecular weight is 244 g/mol. The van der Waals surface area contributed by atoms with Crippen LogP contribution in [0.15, 0.2) is 5.38 Å². The van der Waals surface area contributed by atoms with Crippen LogP contribution in [0.1, 0.15) is 12.6 Å². The van der Waals surface area contributed by atoms with Crippen molar-refractivity contribution in [3.8, 4) is 0 Å². The molecule has 0 spiro atoms. The van der Waals surface area contributed by atoms with E-state index in [2.05, 4.69) is 10.3 Å². The van der Waals surface area contributed by atoms with Gasteiger partial charge in [-0.05, 0) is 6.92 Å². The van der Waals surface area contributed by atoms with E-state index in [4.69, 9.17) is 9.84 Å². The zero-order chi connectivity index (χ0) is 12.1. The Balaban J connectivity index is 2.58. The maximum Gasteiger partial charge on any atom is 0.309 e. The predicted octanol–water partition coefficient (Wildman–Crippen LogP) is 0.744. The lowest BCUT2D eigenvalue weighted by Gasteiger charge is -2.07. The lowest BCUT2D eigenvalue weighted by atomic mass is 10.3. The van der Waals surface area contributed by atoms with E-state index in [1.165, 1.54) is 18.4 Å². The maximum atomic E-state index is 11.4. The molecule has 2 N–H and O–H groups in total. The molecule has 0 saturated carbocycles. The molecule has 0 aliphatic heterocycles. The van der Waals surface area contributed by atoms with E-state index in [9.17, 15) is 9.59 Å². The van der Waals surface area contributed by atoms with E-state index in [0.29, 0.717) is 10.8 Å². The van der Waals surface area contributed by atoms with Crippen LogP contribution in [0.4, 0.5) is 5.13 Å². The van der Waals surface area contributed by atoms with Crippen molar-refractivity contribution < 1.29 is 19.4 Å². The molecule has 1 unspecified atom stereocenters. The number of carboxylic acids is 1. The minimum Gasteiger partial charge on any atom is -0.481 e. The molecule has 1 atom stereocenters. The zero-order valence-electron chi connectivity index (χ0n) is 8.89. The molecule has 0 aliphatic rings. The van der Waals surface area contributed by atoms with Gasteiger partial charge in [0.25, 0.3) is 5.91 Å². The van der Waals surface area contributed by atoms with Crippen LogP contribution in [0.3, 0.4) is 0 Å². The van der Waals surface area contributed by atoms with E-state index < -0.39 is 12.1 Å². The number of aromatic nitrogens is 1. The number of methoxy groups -OCH3 is 1. The summed E-state index contributed by atoms with van der Waals surface area (Å²) in [6, 6.07) is 0. The van der Waals surface area contributed by atoms with Crippen LogP contribution in [0.5, 0.6) is 0 Å². The van der Waals surface area contributed by atoms with E-state index in [1.54, 1.807) is 12.3 Å². The highest BCUT2D eigenvalue weighted by atomic mass is 32.1. The number of nitrogens with zero attached hydrogens (tertiary/aromatic N) is 1. The summed E-state index contributed by atoms with van der Waals surface area (Å²) >= 11 is 1.19. The summed E-state index contributed by atoms with van der Waals surface area (Å²) in [5.41, 5.74) is 0.429. The number of carbonyl (C=O) groups is 2. The number of ether oxygens (including phenoxy) is 1. The number of thiazole rings is 1. The highest BCUT2D eigenvalue weighted by Gasteiger charge is 2.14. The molecule has 1 aromatic rings. The van der Waals surface area contributed by atoms with Crippen molar-refractivity contribution >= 4 is 28.3 Å². The summed E-state index contributed by atoms with van der Waals surface area (Å²) < 4.78 is 4.83. The fourth-order valence-corrected chi connectivity index (χ4v) is 1.63. The molecular formula is C9H12N2O4S. The van der Waals surface area contributed by atoms with Crippen molar-refractivity contribution in [2.24, 2.45) is 0 Å². The third kappa shape index (κ3) is 3.59. The van der Waals surface area contributed by atoms with Crippen molar-refractivity contribution in [1.82, 2.24) is 4.98 Å². The summed E-state index contributed by atoms with van der Waals surface area (Å²) in [7, 11) is 1.43. The second-order valence-electron chi connectivity index (χ2n) is 3.08. The quantitative estimate of drug-likeness (QED) is 0.797. The Hall–Kier alpha value is -1.47. The average Bonchev–Trinajstić information content (AvgIpc) is 2.63. The van der Waals surface area contributed by atoms with Gasteiger partial charge in [0.2, 0.25) is 0 Å². The number of nitrogens with one attached hydrogen (secondary N) is 1. The molecule has 1 heterocycles. The second kappa shape index (κ2) is 5.57. The van der Waals surface area contributed by atoms with Gasteiger partial charge in [-0.25, -0.2) is 4.98 Å². The van der Waals surface area contributed by atoms with Gasteiger partial charge in [-0.1, -0.05) is 0 Å². The largest absolute Gasteiger partial charge is 0.481 e. The molecule has 1 rings (SSSR count). The first-order chi connectivity index (χ1) is 7.52. The molecular weight excluding hydrogens is 232 g/mol. The second-order valence-corrected chi connectivity index (χ2v) is 3.94. The smallest absolute Gasteiger partial charge is 0.309 e. The molecule has 1 aromatic heterocycles. The van der Waals surface area contributed by atoms with Crippen molar-refractivity contribution in [2.45, 2.75) is 19.4 Å². The van der Waals surface area contributed by atoms with E-state index in [-0.39, 0.29) is 12.3 Å². The van der Waals surface area contributed by atoms with Crippen molar-refractivity contribution in [3.63, 3.8) is 0 Å². The summed E-state index contributed by atoms with van der Waals surface area (Å²) in [5, 5.41) is 13.1. The third-order valence-corrected chi connectivity index (χ3v) is 2.64. The van der Waals surface area contributed by atoms with Gasteiger partial charge in [-0.2, -0.15) is 0 Å². The first-order valence-corrected chi connectivity index (χ1v) is 5.40. The van der Waals surface area contributed by atoms with E-state index in [0.717, 1.165) is 0 Å². The van der Waals surface area contributed by atoms with Crippen LogP contribution in [-0.2, 0) is 20.7 Å². The first kappa shape index (κ1) is 12.6. The number of rotatable bonds is 5. The Labute approximate surface area is 96.3 Å². The SMILES string of the molecule is COC(C)C(=O)Nc1nc(CC(=O)O)cs1. The van der Waals surface area contributed by atoms with E-state index >= 15 is 0 Å². The van der Waals surface area contributed by atoms with Crippen molar-refractivity contribution in [3.05, 3.63) is 11.1 Å².